The highest BCUT2D eigenvalue weighted by Crippen LogP contribution is 2.01. The van der Waals surface area contributed by atoms with Gasteiger partial charge in [0.15, 0.2) is 0 Å². The molecule has 0 amide bonds. The van der Waals surface area contributed by atoms with E-state index >= 15 is 0 Å². The lowest BCUT2D eigenvalue weighted by Crippen LogP contribution is -2.29. The standard InChI is InChI=1S/C14H21NO4/c1-10(2)6-8-19-9-7-15-11(3)4-5-12(13(15)16)14(17)18/h4-5,10H,6-9H2,1-3H3,(H,17,18). The summed E-state index contributed by atoms with van der Waals surface area (Å²) in [6.45, 7) is 7.47. The van der Waals surface area contributed by atoms with Gasteiger partial charge in [0.2, 0.25) is 0 Å². The van der Waals surface area contributed by atoms with Crippen LogP contribution in [-0.2, 0) is 11.3 Å². The third kappa shape index (κ3) is 4.52. The van der Waals surface area contributed by atoms with E-state index in [-0.39, 0.29) is 5.56 Å². The number of hydrogen-bond donors (Lipinski definition) is 1. The molecule has 0 bridgehead atoms. The van der Waals surface area contributed by atoms with Crippen molar-refractivity contribution >= 4 is 5.97 Å². The number of aryl methyl sites for hydroxylation is 1. The molecule has 1 aromatic heterocycles. The van der Waals surface area contributed by atoms with Gasteiger partial charge < -0.3 is 14.4 Å². The average molecular weight is 267 g/mol. The Hall–Kier alpha value is -1.62. The molecule has 1 aromatic rings. The van der Waals surface area contributed by atoms with E-state index in [1.54, 1.807) is 13.0 Å². The van der Waals surface area contributed by atoms with Gasteiger partial charge in [-0.1, -0.05) is 13.8 Å². The maximum atomic E-state index is 11.9. The summed E-state index contributed by atoms with van der Waals surface area (Å²) in [5.41, 5.74) is 0.0650. The Kier molecular flexibility index (Phi) is 5.76. The first kappa shape index (κ1) is 15.4. The van der Waals surface area contributed by atoms with E-state index in [0.717, 1.165) is 12.1 Å². The molecule has 1 N–H and O–H groups in total. The highest BCUT2D eigenvalue weighted by atomic mass is 16.5. The molecule has 0 aliphatic heterocycles. The number of carboxylic acids is 1. The molecule has 0 atom stereocenters. The summed E-state index contributed by atoms with van der Waals surface area (Å²) in [5.74, 6) is -0.612. The first-order valence-corrected chi connectivity index (χ1v) is 6.45. The lowest BCUT2D eigenvalue weighted by atomic mass is 10.1. The summed E-state index contributed by atoms with van der Waals surface area (Å²) in [7, 11) is 0. The minimum absolute atomic E-state index is 0.201. The largest absolute Gasteiger partial charge is 0.477 e. The van der Waals surface area contributed by atoms with Gasteiger partial charge in [-0.05, 0) is 31.4 Å². The molecular weight excluding hydrogens is 246 g/mol. The van der Waals surface area contributed by atoms with Crippen LogP contribution in [0, 0.1) is 12.8 Å². The molecule has 1 rings (SSSR count). The van der Waals surface area contributed by atoms with Gasteiger partial charge >= 0.3 is 5.97 Å². The summed E-state index contributed by atoms with van der Waals surface area (Å²) in [6, 6.07) is 2.98. The van der Waals surface area contributed by atoms with E-state index in [0.29, 0.717) is 25.7 Å². The first-order chi connectivity index (χ1) is 8.93. The Bertz CT molecular complexity index is 491. The van der Waals surface area contributed by atoms with Crippen LogP contribution in [0.3, 0.4) is 0 Å². The number of pyridine rings is 1. The molecule has 0 saturated heterocycles. The monoisotopic (exact) mass is 267 g/mol. The molecule has 5 nitrogen and oxygen atoms in total. The van der Waals surface area contributed by atoms with Gasteiger partial charge in [-0.25, -0.2) is 4.79 Å². The fraction of sp³-hybridized carbons (Fsp3) is 0.571. The molecule has 0 unspecified atom stereocenters. The minimum Gasteiger partial charge on any atom is -0.477 e. The fourth-order valence-electron chi connectivity index (χ4n) is 1.69. The topological polar surface area (TPSA) is 68.5 Å². The third-order valence-corrected chi connectivity index (χ3v) is 2.92. The third-order valence-electron chi connectivity index (χ3n) is 2.92. The number of ether oxygens (including phenoxy) is 1. The zero-order chi connectivity index (χ0) is 14.4. The van der Waals surface area contributed by atoms with Gasteiger partial charge in [0.05, 0.1) is 6.61 Å². The molecule has 0 radical (unpaired) electrons. The first-order valence-electron chi connectivity index (χ1n) is 6.45. The van der Waals surface area contributed by atoms with Gasteiger partial charge in [0.1, 0.15) is 5.56 Å². The molecule has 1 heterocycles. The van der Waals surface area contributed by atoms with Crippen LogP contribution in [0.5, 0.6) is 0 Å². The summed E-state index contributed by atoms with van der Waals surface area (Å²) in [6.07, 6.45) is 0.975. The lowest BCUT2D eigenvalue weighted by Gasteiger charge is -2.11. The number of carboxylic acid groups (broad SMARTS) is 1. The van der Waals surface area contributed by atoms with Crippen LogP contribution in [0.1, 0.15) is 36.3 Å². The Balaban J connectivity index is 2.65. The van der Waals surface area contributed by atoms with E-state index in [1.807, 2.05) is 0 Å². The average Bonchev–Trinajstić information content (AvgIpc) is 2.31. The van der Waals surface area contributed by atoms with E-state index in [2.05, 4.69) is 13.8 Å². The zero-order valence-electron chi connectivity index (χ0n) is 11.7. The van der Waals surface area contributed by atoms with Gasteiger partial charge in [0, 0.05) is 18.8 Å². The maximum absolute atomic E-state index is 11.9. The summed E-state index contributed by atoms with van der Waals surface area (Å²) in [5, 5.41) is 8.91. The molecule has 0 aromatic carbocycles. The summed E-state index contributed by atoms with van der Waals surface area (Å²) < 4.78 is 6.89. The van der Waals surface area contributed by atoms with Crippen LogP contribution in [0.4, 0.5) is 0 Å². The van der Waals surface area contributed by atoms with Crippen molar-refractivity contribution in [2.75, 3.05) is 13.2 Å². The maximum Gasteiger partial charge on any atom is 0.341 e. The van der Waals surface area contributed by atoms with Gasteiger partial charge in [-0.15, -0.1) is 0 Å². The predicted molar refractivity (Wildman–Crippen MR) is 72.7 cm³/mol. The minimum atomic E-state index is -1.19. The number of hydrogen-bond acceptors (Lipinski definition) is 3. The Morgan fingerprint density at radius 3 is 2.63 bits per heavy atom. The SMILES string of the molecule is Cc1ccc(C(=O)O)c(=O)n1CCOCCC(C)C. The molecule has 0 aliphatic carbocycles. The molecule has 0 spiro atoms. The van der Waals surface area contributed by atoms with Crippen molar-refractivity contribution < 1.29 is 14.6 Å². The highest BCUT2D eigenvalue weighted by molar-refractivity contribution is 5.87. The zero-order valence-corrected chi connectivity index (χ0v) is 11.7. The van der Waals surface area contributed by atoms with Crippen LogP contribution >= 0.6 is 0 Å². The van der Waals surface area contributed by atoms with Crippen LogP contribution in [0.15, 0.2) is 16.9 Å². The van der Waals surface area contributed by atoms with Crippen molar-refractivity contribution in [3.05, 3.63) is 33.7 Å². The molecule has 0 aliphatic rings. The van der Waals surface area contributed by atoms with Crippen molar-refractivity contribution in [3.8, 4) is 0 Å². The fourth-order valence-corrected chi connectivity index (χ4v) is 1.69. The molecule has 0 fully saturated rings. The lowest BCUT2D eigenvalue weighted by molar-refractivity contribution is 0.0693. The van der Waals surface area contributed by atoms with E-state index in [9.17, 15) is 9.59 Å². The normalized spacial score (nSPS) is 10.9. The second-order valence-electron chi connectivity index (χ2n) is 4.95. The molecule has 19 heavy (non-hydrogen) atoms. The Labute approximate surface area is 112 Å². The van der Waals surface area contributed by atoms with Crippen LogP contribution in [-0.4, -0.2) is 28.9 Å². The van der Waals surface area contributed by atoms with Crippen molar-refractivity contribution in [1.82, 2.24) is 4.57 Å². The molecule has 106 valence electrons. The summed E-state index contributed by atoms with van der Waals surface area (Å²) >= 11 is 0. The Morgan fingerprint density at radius 2 is 2.05 bits per heavy atom. The second-order valence-corrected chi connectivity index (χ2v) is 4.95. The molecule has 5 heteroatoms. The number of aromatic nitrogens is 1. The summed E-state index contributed by atoms with van der Waals surface area (Å²) in [4.78, 5) is 22.8. The van der Waals surface area contributed by atoms with Crippen LogP contribution in [0.25, 0.3) is 0 Å². The van der Waals surface area contributed by atoms with Gasteiger partial charge in [-0.2, -0.15) is 0 Å². The van der Waals surface area contributed by atoms with E-state index < -0.39 is 11.5 Å². The Morgan fingerprint density at radius 1 is 1.37 bits per heavy atom. The van der Waals surface area contributed by atoms with Crippen molar-refractivity contribution in [2.24, 2.45) is 5.92 Å². The van der Waals surface area contributed by atoms with Crippen molar-refractivity contribution in [2.45, 2.75) is 33.7 Å². The van der Waals surface area contributed by atoms with Crippen LogP contribution in [0.2, 0.25) is 0 Å². The van der Waals surface area contributed by atoms with E-state index in [1.165, 1.54) is 10.6 Å². The smallest absolute Gasteiger partial charge is 0.341 e. The van der Waals surface area contributed by atoms with E-state index in [4.69, 9.17) is 9.84 Å². The quantitative estimate of drug-likeness (QED) is 0.766. The number of nitrogens with zero attached hydrogens (tertiary/aromatic N) is 1. The van der Waals surface area contributed by atoms with Gasteiger partial charge in [0.25, 0.3) is 5.56 Å². The number of rotatable bonds is 7. The molecule has 0 saturated carbocycles. The van der Waals surface area contributed by atoms with Crippen molar-refractivity contribution in [1.29, 1.82) is 0 Å². The second kappa shape index (κ2) is 7.09. The van der Waals surface area contributed by atoms with Crippen LogP contribution < -0.4 is 5.56 Å². The molecular formula is C14H21NO4. The number of aromatic carboxylic acids is 1. The van der Waals surface area contributed by atoms with Crippen molar-refractivity contribution in [3.63, 3.8) is 0 Å². The number of carbonyl (C=O) groups is 1. The highest BCUT2D eigenvalue weighted by Gasteiger charge is 2.11. The predicted octanol–water partition coefficient (Wildman–Crippen LogP) is 1.92. The van der Waals surface area contributed by atoms with Gasteiger partial charge in [-0.3, -0.25) is 4.79 Å².